The molecular weight excluding hydrogens is 404 g/mol. The van der Waals surface area contributed by atoms with E-state index in [0.29, 0.717) is 22.7 Å². The summed E-state index contributed by atoms with van der Waals surface area (Å²) < 4.78 is 14.9. The van der Waals surface area contributed by atoms with E-state index in [4.69, 9.17) is 14.2 Å². The van der Waals surface area contributed by atoms with Crippen molar-refractivity contribution in [3.8, 4) is 5.75 Å². The number of hydrogen-bond acceptors (Lipinski definition) is 7. The Morgan fingerprint density at radius 3 is 2.23 bits per heavy atom. The fraction of sp³-hybridized carbons (Fsp3) is 0.273. The molecule has 0 bridgehead atoms. The van der Waals surface area contributed by atoms with Crippen molar-refractivity contribution in [1.82, 2.24) is 0 Å². The van der Waals surface area contributed by atoms with Gasteiger partial charge < -0.3 is 24.8 Å². The van der Waals surface area contributed by atoms with E-state index in [1.54, 1.807) is 31.2 Å². The molecule has 0 saturated carbocycles. The first-order valence-corrected chi connectivity index (χ1v) is 9.58. The number of nitrogens with one attached hydrogen (secondary N) is 2. The largest absolute Gasteiger partial charge is 0.495 e. The zero-order chi connectivity index (χ0) is 22.6. The number of esters is 2. The fourth-order valence-electron chi connectivity index (χ4n) is 2.50. The number of benzene rings is 2. The van der Waals surface area contributed by atoms with Crippen LogP contribution in [0.2, 0.25) is 0 Å². The van der Waals surface area contributed by atoms with Crippen molar-refractivity contribution in [3.63, 3.8) is 0 Å². The van der Waals surface area contributed by atoms with Gasteiger partial charge in [-0.3, -0.25) is 14.4 Å². The van der Waals surface area contributed by atoms with E-state index in [2.05, 4.69) is 10.6 Å². The maximum atomic E-state index is 12.0. The summed E-state index contributed by atoms with van der Waals surface area (Å²) in [5.41, 5.74) is 1.29. The quantitative estimate of drug-likeness (QED) is 0.558. The third-order valence-corrected chi connectivity index (χ3v) is 3.98. The highest BCUT2D eigenvalue weighted by Gasteiger charge is 2.13. The van der Waals surface area contributed by atoms with Crippen LogP contribution < -0.4 is 15.4 Å². The van der Waals surface area contributed by atoms with Crippen molar-refractivity contribution in [1.29, 1.82) is 0 Å². The highest BCUT2D eigenvalue weighted by Crippen LogP contribution is 2.23. The predicted molar refractivity (Wildman–Crippen MR) is 113 cm³/mol. The molecule has 0 unspecified atom stereocenters. The minimum Gasteiger partial charge on any atom is -0.495 e. The third-order valence-electron chi connectivity index (χ3n) is 3.98. The number of carbonyl (C=O) groups is 4. The van der Waals surface area contributed by atoms with E-state index in [1.807, 2.05) is 0 Å². The molecule has 31 heavy (non-hydrogen) atoms. The standard InChI is InChI=1S/C22H24N2O7/c1-3-30-22(28)15-8-10-16(11-9-15)23-20(26)14-31-21(27)13-12-19(25)24-17-6-4-5-7-18(17)29-2/h4-11H,3,12-14H2,1-2H3,(H,23,26)(H,24,25). The highest BCUT2D eigenvalue weighted by molar-refractivity contribution is 5.95. The lowest BCUT2D eigenvalue weighted by Gasteiger charge is -2.10. The van der Waals surface area contributed by atoms with E-state index in [1.165, 1.54) is 31.4 Å². The van der Waals surface area contributed by atoms with E-state index in [9.17, 15) is 19.2 Å². The molecule has 0 aliphatic heterocycles. The van der Waals surface area contributed by atoms with Crippen LogP contribution in [0.5, 0.6) is 5.75 Å². The Kier molecular flexibility index (Phi) is 9.03. The highest BCUT2D eigenvalue weighted by atomic mass is 16.5. The van der Waals surface area contributed by atoms with Gasteiger partial charge in [-0.05, 0) is 43.3 Å². The van der Waals surface area contributed by atoms with Crippen LogP contribution in [0.15, 0.2) is 48.5 Å². The molecule has 2 aromatic carbocycles. The predicted octanol–water partition coefficient (Wildman–Crippen LogP) is 2.77. The lowest BCUT2D eigenvalue weighted by Crippen LogP contribution is -2.22. The van der Waals surface area contributed by atoms with Gasteiger partial charge in [0.05, 0.1) is 31.4 Å². The van der Waals surface area contributed by atoms with E-state index < -0.39 is 24.5 Å². The molecule has 9 heteroatoms. The average Bonchev–Trinajstić information content (AvgIpc) is 2.77. The number of ether oxygens (including phenoxy) is 3. The Hall–Kier alpha value is -3.88. The van der Waals surface area contributed by atoms with Gasteiger partial charge in [0.25, 0.3) is 5.91 Å². The van der Waals surface area contributed by atoms with Gasteiger partial charge in [-0.15, -0.1) is 0 Å². The van der Waals surface area contributed by atoms with Gasteiger partial charge in [0.1, 0.15) is 5.75 Å². The molecule has 164 valence electrons. The first kappa shape index (κ1) is 23.4. The number of rotatable bonds is 10. The Bertz CT molecular complexity index is 926. The van der Waals surface area contributed by atoms with Crippen molar-refractivity contribution in [2.75, 3.05) is 31.0 Å². The van der Waals surface area contributed by atoms with Crippen LogP contribution in [0.25, 0.3) is 0 Å². The molecule has 2 N–H and O–H groups in total. The number of methoxy groups -OCH3 is 1. The van der Waals surface area contributed by atoms with Crippen LogP contribution >= 0.6 is 0 Å². The molecule has 0 spiro atoms. The minimum atomic E-state index is -0.678. The summed E-state index contributed by atoms with van der Waals surface area (Å²) in [4.78, 5) is 47.3. The number of hydrogen-bond donors (Lipinski definition) is 2. The van der Waals surface area contributed by atoms with E-state index >= 15 is 0 Å². The summed E-state index contributed by atoms with van der Waals surface area (Å²) in [7, 11) is 1.49. The normalized spacial score (nSPS) is 10.0. The summed E-state index contributed by atoms with van der Waals surface area (Å²) in [5.74, 6) is -1.55. The first-order valence-electron chi connectivity index (χ1n) is 9.58. The molecule has 2 aromatic rings. The van der Waals surface area contributed by atoms with Crippen LogP contribution in [0, 0.1) is 0 Å². The second-order valence-electron chi connectivity index (χ2n) is 6.26. The summed E-state index contributed by atoms with van der Waals surface area (Å²) in [6, 6.07) is 13.0. The molecule has 0 aromatic heterocycles. The van der Waals surface area contributed by atoms with Gasteiger partial charge >= 0.3 is 11.9 Å². The molecule has 0 aliphatic rings. The fourth-order valence-corrected chi connectivity index (χ4v) is 2.50. The Morgan fingerprint density at radius 2 is 1.55 bits per heavy atom. The van der Waals surface area contributed by atoms with Gasteiger partial charge in [-0.25, -0.2) is 4.79 Å². The van der Waals surface area contributed by atoms with Gasteiger partial charge in [0, 0.05) is 12.1 Å². The Labute approximate surface area is 179 Å². The van der Waals surface area contributed by atoms with Crippen LogP contribution in [0.4, 0.5) is 11.4 Å². The molecule has 0 radical (unpaired) electrons. The molecular formula is C22H24N2O7. The molecule has 0 saturated heterocycles. The van der Waals surface area contributed by atoms with E-state index in [-0.39, 0.29) is 25.4 Å². The van der Waals surface area contributed by atoms with Gasteiger partial charge in [0.2, 0.25) is 5.91 Å². The molecule has 2 amide bonds. The lowest BCUT2D eigenvalue weighted by molar-refractivity contribution is -0.147. The zero-order valence-electron chi connectivity index (χ0n) is 17.3. The summed E-state index contributed by atoms with van der Waals surface area (Å²) >= 11 is 0. The topological polar surface area (TPSA) is 120 Å². The minimum absolute atomic E-state index is 0.103. The van der Waals surface area contributed by atoms with Crippen molar-refractivity contribution in [2.45, 2.75) is 19.8 Å². The number of carbonyl (C=O) groups excluding carboxylic acids is 4. The second kappa shape index (κ2) is 12.0. The van der Waals surface area contributed by atoms with Gasteiger partial charge in [0.15, 0.2) is 6.61 Å². The molecule has 0 atom stereocenters. The molecule has 2 rings (SSSR count). The SMILES string of the molecule is CCOC(=O)c1ccc(NC(=O)COC(=O)CCC(=O)Nc2ccccc2OC)cc1. The summed E-state index contributed by atoms with van der Waals surface area (Å²) in [6.07, 6.45) is -0.281. The average molecular weight is 428 g/mol. The first-order chi connectivity index (χ1) is 14.9. The number of amides is 2. The van der Waals surface area contributed by atoms with Gasteiger partial charge in [-0.1, -0.05) is 12.1 Å². The van der Waals surface area contributed by atoms with E-state index in [0.717, 1.165) is 0 Å². The molecule has 0 fully saturated rings. The van der Waals surface area contributed by atoms with Crippen LogP contribution in [-0.4, -0.2) is 44.1 Å². The van der Waals surface area contributed by atoms with Crippen molar-refractivity contribution >= 4 is 35.1 Å². The maximum Gasteiger partial charge on any atom is 0.338 e. The lowest BCUT2D eigenvalue weighted by atomic mass is 10.2. The third kappa shape index (κ3) is 7.81. The van der Waals surface area contributed by atoms with Crippen molar-refractivity contribution in [3.05, 3.63) is 54.1 Å². The summed E-state index contributed by atoms with van der Waals surface area (Å²) in [6.45, 7) is 1.48. The Balaban J connectivity index is 1.71. The molecule has 0 aliphatic carbocycles. The summed E-state index contributed by atoms with van der Waals surface area (Å²) in [5, 5.41) is 5.19. The molecule has 0 heterocycles. The maximum absolute atomic E-state index is 12.0. The second-order valence-corrected chi connectivity index (χ2v) is 6.26. The molecule has 9 nitrogen and oxygen atoms in total. The smallest absolute Gasteiger partial charge is 0.338 e. The van der Waals surface area contributed by atoms with Crippen LogP contribution in [0.3, 0.4) is 0 Å². The zero-order valence-corrected chi connectivity index (χ0v) is 17.3. The van der Waals surface area contributed by atoms with Crippen LogP contribution in [-0.2, 0) is 23.9 Å². The van der Waals surface area contributed by atoms with Crippen molar-refractivity contribution < 1.29 is 33.4 Å². The Morgan fingerprint density at radius 1 is 0.839 bits per heavy atom. The van der Waals surface area contributed by atoms with Crippen LogP contribution in [0.1, 0.15) is 30.1 Å². The number of para-hydroxylation sites is 2. The van der Waals surface area contributed by atoms with Gasteiger partial charge in [-0.2, -0.15) is 0 Å². The monoisotopic (exact) mass is 428 g/mol. The number of anilines is 2. The van der Waals surface area contributed by atoms with Crippen molar-refractivity contribution in [2.24, 2.45) is 0 Å².